The highest BCUT2D eigenvalue weighted by Gasteiger charge is 2.17. The van der Waals surface area contributed by atoms with E-state index < -0.39 is 0 Å². The summed E-state index contributed by atoms with van der Waals surface area (Å²) in [4.78, 5) is 26.4. The number of rotatable bonds is 4. The Morgan fingerprint density at radius 1 is 1.38 bits per heavy atom. The van der Waals surface area contributed by atoms with Crippen LogP contribution >= 0.6 is 0 Å². The average molecular weight is 228 g/mol. The minimum absolute atomic E-state index is 0.00880. The quantitative estimate of drug-likeness (QED) is 0.590. The normalized spacial score (nSPS) is 16.9. The van der Waals surface area contributed by atoms with Crippen LogP contribution in [-0.4, -0.2) is 75.0 Å². The Kier molecular flexibility index (Phi) is 5.21. The molecule has 1 rings (SSSR count). The van der Waals surface area contributed by atoms with Crippen molar-refractivity contribution in [2.75, 3.05) is 53.4 Å². The fourth-order valence-corrected chi connectivity index (χ4v) is 1.56. The van der Waals surface area contributed by atoms with Gasteiger partial charge in [-0.15, -0.1) is 0 Å². The van der Waals surface area contributed by atoms with E-state index in [0.717, 1.165) is 26.2 Å². The van der Waals surface area contributed by atoms with Crippen molar-refractivity contribution in [3.8, 4) is 0 Å². The van der Waals surface area contributed by atoms with Gasteiger partial charge in [0.25, 0.3) is 0 Å². The number of hydrogen-bond acceptors (Lipinski definition) is 4. The molecule has 92 valence electrons. The molecule has 1 heterocycles. The molecule has 2 amide bonds. The third-order valence-electron chi connectivity index (χ3n) is 2.65. The molecule has 2 N–H and O–H groups in total. The van der Waals surface area contributed by atoms with E-state index in [4.69, 9.17) is 0 Å². The standard InChI is InChI=1S/C10H20N4O2/c1-11-9(15)7-13(2)10(16)8-14-5-3-12-4-6-14/h12H,3-8H2,1-2H3,(H,11,15). The van der Waals surface area contributed by atoms with Crippen molar-refractivity contribution in [1.82, 2.24) is 20.4 Å². The van der Waals surface area contributed by atoms with Crippen molar-refractivity contribution < 1.29 is 9.59 Å². The summed E-state index contributed by atoms with van der Waals surface area (Å²) in [5, 5.41) is 5.73. The van der Waals surface area contributed by atoms with Crippen LogP contribution in [0.2, 0.25) is 0 Å². The number of likely N-dealkylation sites (N-methyl/N-ethyl adjacent to an activating group) is 2. The Bertz CT molecular complexity index is 251. The van der Waals surface area contributed by atoms with Crippen LogP contribution in [0.1, 0.15) is 0 Å². The second-order valence-corrected chi connectivity index (χ2v) is 3.95. The van der Waals surface area contributed by atoms with Crippen molar-refractivity contribution in [3.63, 3.8) is 0 Å². The number of nitrogens with zero attached hydrogens (tertiary/aromatic N) is 2. The lowest BCUT2D eigenvalue weighted by molar-refractivity contribution is -0.135. The highest BCUT2D eigenvalue weighted by atomic mass is 16.2. The van der Waals surface area contributed by atoms with Gasteiger partial charge in [-0.2, -0.15) is 0 Å². The number of carbonyl (C=O) groups is 2. The molecule has 0 unspecified atom stereocenters. The molecule has 6 nitrogen and oxygen atoms in total. The molecule has 16 heavy (non-hydrogen) atoms. The van der Waals surface area contributed by atoms with E-state index in [1.165, 1.54) is 4.90 Å². The maximum absolute atomic E-state index is 11.7. The van der Waals surface area contributed by atoms with Gasteiger partial charge in [0.05, 0.1) is 13.1 Å². The van der Waals surface area contributed by atoms with Gasteiger partial charge in [-0.25, -0.2) is 0 Å². The second-order valence-electron chi connectivity index (χ2n) is 3.95. The Labute approximate surface area is 96.0 Å². The fraction of sp³-hybridized carbons (Fsp3) is 0.800. The number of amides is 2. The summed E-state index contributed by atoms with van der Waals surface area (Å²) < 4.78 is 0. The predicted molar refractivity (Wildman–Crippen MR) is 61.0 cm³/mol. The van der Waals surface area contributed by atoms with Gasteiger partial charge in [-0.05, 0) is 0 Å². The van der Waals surface area contributed by atoms with E-state index >= 15 is 0 Å². The van der Waals surface area contributed by atoms with Crippen LogP contribution in [0.3, 0.4) is 0 Å². The predicted octanol–water partition coefficient (Wildman–Crippen LogP) is -1.90. The molecule has 1 aliphatic heterocycles. The van der Waals surface area contributed by atoms with Gasteiger partial charge >= 0.3 is 0 Å². The van der Waals surface area contributed by atoms with E-state index in [9.17, 15) is 9.59 Å². The third-order valence-corrected chi connectivity index (χ3v) is 2.65. The monoisotopic (exact) mass is 228 g/mol. The number of nitrogens with one attached hydrogen (secondary N) is 2. The lowest BCUT2D eigenvalue weighted by atomic mass is 10.3. The minimum atomic E-state index is -0.142. The Hall–Kier alpha value is -1.14. The Morgan fingerprint density at radius 3 is 2.56 bits per heavy atom. The van der Waals surface area contributed by atoms with Crippen molar-refractivity contribution in [2.45, 2.75) is 0 Å². The molecular formula is C10H20N4O2. The van der Waals surface area contributed by atoms with Crippen LogP contribution in [0.25, 0.3) is 0 Å². The molecule has 0 radical (unpaired) electrons. The summed E-state index contributed by atoms with van der Waals surface area (Å²) in [6.45, 7) is 4.15. The average Bonchev–Trinajstić information content (AvgIpc) is 2.30. The van der Waals surface area contributed by atoms with Crippen LogP contribution in [0.5, 0.6) is 0 Å². The molecular weight excluding hydrogens is 208 g/mol. The van der Waals surface area contributed by atoms with E-state index in [1.807, 2.05) is 0 Å². The van der Waals surface area contributed by atoms with E-state index in [0.29, 0.717) is 6.54 Å². The first kappa shape index (κ1) is 12.9. The molecule has 0 saturated carbocycles. The van der Waals surface area contributed by atoms with Crippen molar-refractivity contribution in [1.29, 1.82) is 0 Å². The molecule has 6 heteroatoms. The largest absolute Gasteiger partial charge is 0.358 e. The zero-order valence-corrected chi connectivity index (χ0v) is 9.95. The lowest BCUT2D eigenvalue weighted by Crippen LogP contribution is -2.48. The molecule has 0 spiro atoms. The zero-order valence-electron chi connectivity index (χ0n) is 9.95. The topological polar surface area (TPSA) is 64.7 Å². The van der Waals surface area contributed by atoms with Gasteiger partial charge in [-0.1, -0.05) is 0 Å². The third kappa shape index (κ3) is 4.16. The maximum Gasteiger partial charge on any atom is 0.239 e. The van der Waals surface area contributed by atoms with Gasteiger partial charge in [0.15, 0.2) is 0 Å². The number of piperazine rings is 1. The number of carbonyl (C=O) groups excluding carboxylic acids is 2. The lowest BCUT2D eigenvalue weighted by Gasteiger charge is -2.28. The van der Waals surface area contributed by atoms with Crippen LogP contribution in [0.15, 0.2) is 0 Å². The number of hydrogen-bond donors (Lipinski definition) is 2. The van der Waals surface area contributed by atoms with Crippen molar-refractivity contribution in [3.05, 3.63) is 0 Å². The minimum Gasteiger partial charge on any atom is -0.358 e. The Morgan fingerprint density at radius 2 is 2.00 bits per heavy atom. The van der Waals surface area contributed by atoms with Crippen LogP contribution in [-0.2, 0) is 9.59 Å². The van der Waals surface area contributed by atoms with Gasteiger partial charge in [0.2, 0.25) is 11.8 Å². The van der Waals surface area contributed by atoms with Crippen LogP contribution < -0.4 is 10.6 Å². The second kappa shape index (κ2) is 6.44. The first-order valence-corrected chi connectivity index (χ1v) is 5.51. The SMILES string of the molecule is CNC(=O)CN(C)C(=O)CN1CCNCC1. The van der Waals surface area contributed by atoms with E-state index in [1.54, 1.807) is 14.1 Å². The molecule has 0 aromatic rings. The van der Waals surface area contributed by atoms with Crippen molar-refractivity contribution >= 4 is 11.8 Å². The zero-order chi connectivity index (χ0) is 12.0. The van der Waals surface area contributed by atoms with Gasteiger partial charge in [-0.3, -0.25) is 14.5 Å². The summed E-state index contributed by atoms with van der Waals surface area (Å²) in [6, 6.07) is 0. The summed E-state index contributed by atoms with van der Waals surface area (Å²) in [6.07, 6.45) is 0. The fourth-order valence-electron chi connectivity index (χ4n) is 1.56. The summed E-state index contributed by atoms with van der Waals surface area (Å²) in [5.74, 6) is -0.151. The van der Waals surface area contributed by atoms with Crippen LogP contribution in [0, 0.1) is 0 Å². The molecule has 1 fully saturated rings. The van der Waals surface area contributed by atoms with E-state index in [2.05, 4.69) is 15.5 Å². The van der Waals surface area contributed by atoms with E-state index in [-0.39, 0.29) is 18.4 Å². The highest BCUT2D eigenvalue weighted by Crippen LogP contribution is 1.94. The van der Waals surface area contributed by atoms with Gasteiger partial charge in [0.1, 0.15) is 0 Å². The highest BCUT2D eigenvalue weighted by molar-refractivity contribution is 5.85. The van der Waals surface area contributed by atoms with Crippen molar-refractivity contribution in [2.24, 2.45) is 0 Å². The molecule has 0 aliphatic carbocycles. The molecule has 0 aromatic carbocycles. The first-order chi connectivity index (χ1) is 7.63. The Balaban J connectivity index is 2.29. The maximum atomic E-state index is 11.7. The molecule has 0 atom stereocenters. The van der Waals surface area contributed by atoms with Crippen LogP contribution in [0.4, 0.5) is 0 Å². The summed E-state index contributed by atoms with van der Waals surface area (Å²) in [7, 11) is 3.22. The molecule has 1 aliphatic rings. The summed E-state index contributed by atoms with van der Waals surface area (Å²) in [5.41, 5.74) is 0. The molecule has 0 bridgehead atoms. The van der Waals surface area contributed by atoms with Gasteiger partial charge in [0, 0.05) is 40.3 Å². The summed E-state index contributed by atoms with van der Waals surface area (Å²) >= 11 is 0. The van der Waals surface area contributed by atoms with Gasteiger partial charge < -0.3 is 15.5 Å². The smallest absolute Gasteiger partial charge is 0.239 e. The molecule has 0 aromatic heterocycles. The molecule has 1 saturated heterocycles. The first-order valence-electron chi connectivity index (χ1n) is 5.51.